The maximum atomic E-state index is 14.1. The molecule has 1 saturated heterocycles. The highest BCUT2D eigenvalue weighted by atomic mass is 19.1. The highest BCUT2D eigenvalue weighted by Gasteiger charge is 2.23. The van der Waals surface area contributed by atoms with E-state index in [1.165, 1.54) is 20.3 Å². The molecule has 1 aliphatic heterocycles. The van der Waals surface area contributed by atoms with Gasteiger partial charge in [-0.25, -0.2) is 4.39 Å². The van der Waals surface area contributed by atoms with Gasteiger partial charge in [-0.1, -0.05) is 0 Å². The van der Waals surface area contributed by atoms with E-state index in [9.17, 15) is 8.78 Å². The SMILES string of the molecule is COc1cc(CC2CCCN2)c(F)c(OC)c1F. The lowest BCUT2D eigenvalue weighted by Crippen LogP contribution is -2.24. The largest absolute Gasteiger partial charge is 0.494 e. The van der Waals surface area contributed by atoms with Crippen LogP contribution in [0.4, 0.5) is 8.78 Å². The van der Waals surface area contributed by atoms with Gasteiger partial charge in [0.1, 0.15) is 0 Å². The Hall–Kier alpha value is -1.36. The average molecular weight is 257 g/mol. The van der Waals surface area contributed by atoms with Crippen molar-refractivity contribution in [2.24, 2.45) is 0 Å². The second-order valence-electron chi connectivity index (χ2n) is 4.40. The van der Waals surface area contributed by atoms with Crippen LogP contribution in [0.25, 0.3) is 0 Å². The molecule has 100 valence electrons. The summed E-state index contributed by atoms with van der Waals surface area (Å²) in [7, 11) is 2.60. The van der Waals surface area contributed by atoms with E-state index in [-0.39, 0.29) is 17.5 Å². The molecule has 1 unspecified atom stereocenters. The van der Waals surface area contributed by atoms with Crippen LogP contribution in [0, 0.1) is 11.6 Å². The van der Waals surface area contributed by atoms with Crippen LogP contribution in [0.3, 0.4) is 0 Å². The molecule has 0 amide bonds. The molecule has 18 heavy (non-hydrogen) atoms. The lowest BCUT2D eigenvalue weighted by Gasteiger charge is -2.15. The van der Waals surface area contributed by atoms with Gasteiger partial charge in [-0.3, -0.25) is 0 Å². The van der Waals surface area contributed by atoms with Crippen molar-refractivity contribution in [2.45, 2.75) is 25.3 Å². The summed E-state index contributed by atoms with van der Waals surface area (Å²) in [5, 5.41) is 3.28. The molecule has 1 atom stereocenters. The van der Waals surface area contributed by atoms with Gasteiger partial charge in [0.15, 0.2) is 17.3 Å². The van der Waals surface area contributed by atoms with Crippen LogP contribution in [0.15, 0.2) is 6.07 Å². The van der Waals surface area contributed by atoms with Crippen molar-refractivity contribution in [1.82, 2.24) is 5.32 Å². The van der Waals surface area contributed by atoms with E-state index in [2.05, 4.69) is 5.32 Å². The van der Waals surface area contributed by atoms with Crippen LogP contribution in [0.5, 0.6) is 11.5 Å². The fourth-order valence-corrected chi connectivity index (χ4v) is 2.31. The summed E-state index contributed by atoms with van der Waals surface area (Å²) in [4.78, 5) is 0. The fraction of sp³-hybridized carbons (Fsp3) is 0.538. The number of halogens is 2. The highest BCUT2D eigenvalue weighted by Crippen LogP contribution is 2.33. The molecule has 0 aliphatic carbocycles. The fourth-order valence-electron chi connectivity index (χ4n) is 2.31. The Morgan fingerprint density at radius 2 is 2.06 bits per heavy atom. The molecule has 0 radical (unpaired) electrons. The third-order valence-corrected chi connectivity index (χ3v) is 3.26. The molecule has 1 fully saturated rings. The van der Waals surface area contributed by atoms with E-state index in [4.69, 9.17) is 9.47 Å². The summed E-state index contributed by atoms with van der Waals surface area (Å²) in [5.74, 6) is -1.78. The number of rotatable bonds is 4. The molecule has 0 spiro atoms. The van der Waals surface area contributed by atoms with Crippen molar-refractivity contribution >= 4 is 0 Å². The first kappa shape index (κ1) is 13.1. The predicted octanol–water partition coefficient (Wildman–Crippen LogP) is 2.28. The van der Waals surface area contributed by atoms with E-state index in [0.717, 1.165) is 19.4 Å². The summed E-state index contributed by atoms with van der Waals surface area (Å²) in [5.41, 5.74) is 0.421. The Kier molecular flexibility index (Phi) is 4.01. The lowest BCUT2D eigenvalue weighted by atomic mass is 10.0. The van der Waals surface area contributed by atoms with Gasteiger partial charge in [0.05, 0.1) is 14.2 Å². The third-order valence-electron chi connectivity index (χ3n) is 3.26. The maximum Gasteiger partial charge on any atom is 0.209 e. The van der Waals surface area contributed by atoms with Crippen LogP contribution in [-0.4, -0.2) is 26.8 Å². The molecule has 3 nitrogen and oxygen atoms in total. The zero-order valence-corrected chi connectivity index (χ0v) is 10.6. The molecule has 1 N–H and O–H groups in total. The summed E-state index contributed by atoms with van der Waals surface area (Å²) >= 11 is 0. The number of benzene rings is 1. The standard InChI is InChI=1S/C13H17F2NO2/c1-17-10-7-8(6-9-4-3-5-16-9)11(14)13(18-2)12(10)15/h7,9,16H,3-6H2,1-2H3. The quantitative estimate of drug-likeness (QED) is 0.897. The first-order valence-electron chi connectivity index (χ1n) is 5.99. The minimum absolute atomic E-state index is 0.0150. The molecule has 1 heterocycles. The third kappa shape index (κ3) is 2.41. The topological polar surface area (TPSA) is 30.5 Å². The Labute approximate surface area is 105 Å². The molecular weight excluding hydrogens is 240 g/mol. The average Bonchev–Trinajstić information content (AvgIpc) is 2.86. The molecule has 1 aromatic carbocycles. The van der Waals surface area contributed by atoms with Crippen LogP contribution < -0.4 is 14.8 Å². The van der Waals surface area contributed by atoms with Crippen molar-refractivity contribution in [3.8, 4) is 11.5 Å². The molecule has 5 heteroatoms. The van der Waals surface area contributed by atoms with E-state index in [1.807, 2.05) is 0 Å². The molecule has 2 rings (SSSR count). The van der Waals surface area contributed by atoms with Crippen LogP contribution in [0.1, 0.15) is 18.4 Å². The van der Waals surface area contributed by atoms with Crippen molar-refractivity contribution in [3.05, 3.63) is 23.3 Å². The molecule has 0 saturated carbocycles. The van der Waals surface area contributed by atoms with Crippen molar-refractivity contribution in [1.29, 1.82) is 0 Å². The Morgan fingerprint density at radius 3 is 2.61 bits per heavy atom. The van der Waals surface area contributed by atoms with Gasteiger partial charge < -0.3 is 14.8 Å². The molecule has 1 aliphatic rings. The first-order chi connectivity index (χ1) is 8.67. The highest BCUT2D eigenvalue weighted by molar-refractivity contribution is 5.42. The van der Waals surface area contributed by atoms with Crippen molar-refractivity contribution < 1.29 is 18.3 Å². The Morgan fingerprint density at radius 1 is 1.28 bits per heavy atom. The van der Waals surface area contributed by atoms with Gasteiger partial charge in [0.2, 0.25) is 5.82 Å². The molecule has 0 aromatic heterocycles. The maximum absolute atomic E-state index is 14.1. The number of methoxy groups -OCH3 is 2. The number of hydrogen-bond donors (Lipinski definition) is 1. The summed E-state index contributed by atoms with van der Waals surface area (Å²) in [6.45, 7) is 0.946. The second-order valence-corrected chi connectivity index (χ2v) is 4.40. The predicted molar refractivity (Wildman–Crippen MR) is 64.2 cm³/mol. The summed E-state index contributed by atoms with van der Waals surface area (Å²) in [6.07, 6.45) is 2.60. The van der Waals surface area contributed by atoms with Gasteiger partial charge >= 0.3 is 0 Å². The van der Waals surface area contributed by atoms with Gasteiger partial charge in [0.25, 0.3) is 0 Å². The zero-order chi connectivity index (χ0) is 13.1. The summed E-state index contributed by atoms with van der Waals surface area (Å²) in [6, 6.07) is 1.65. The zero-order valence-electron chi connectivity index (χ0n) is 10.6. The number of ether oxygens (including phenoxy) is 2. The molecule has 0 bridgehead atoms. The van der Waals surface area contributed by atoms with Gasteiger partial charge in [0, 0.05) is 6.04 Å². The van der Waals surface area contributed by atoms with Gasteiger partial charge in [-0.05, 0) is 37.4 Å². The lowest BCUT2D eigenvalue weighted by molar-refractivity contribution is 0.330. The molecular formula is C13H17F2NO2. The number of hydrogen-bond acceptors (Lipinski definition) is 3. The Balaban J connectivity index is 2.33. The molecule has 1 aromatic rings. The van der Waals surface area contributed by atoms with Gasteiger partial charge in [-0.2, -0.15) is 4.39 Å². The summed E-state index contributed by atoms with van der Waals surface area (Å²) < 4.78 is 37.5. The smallest absolute Gasteiger partial charge is 0.209 e. The monoisotopic (exact) mass is 257 g/mol. The van der Waals surface area contributed by atoms with Crippen LogP contribution in [-0.2, 0) is 6.42 Å². The Bertz CT molecular complexity index is 431. The van der Waals surface area contributed by atoms with E-state index in [1.54, 1.807) is 0 Å². The van der Waals surface area contributed by atoms with E-state index < -0.39 is 11.6 Å². The van der Waals surface area contributed by atoms with E-state index in [0.29, 0.717) is 12.0 Å². The van der Waals surface area contributed by atoms with E-state index >= 15 is 0 Å². The second kappa shape index (κ2) is 5.52. The normalized spacial score (nSPS) is 19.0. The van der Waals surface area contributed by atoms with Gasteiger partial charge in [-0.15, -0.1) is 0 Å². The van der Waals surface area contributed by atoms with Crippen LogP contribution >= 0.6 is 0 Å². The minimum atomic E-state index is -0.791. The van der Waals surface area contributed by atoms with Crippen molar-refractivity contribution in [2.75, 3.05) is 20.8 Å². The van der Waals surface area contributed by atoms with Crippen molar-refractivity contribution in [3.63, 3.8) is 0 Å². The number of nitrogens with one attached hydrogen (secondary N) is 1. The minimum Gasteiger partial charge on any atom is -0.494 e. The van der Waals surface area contributed by atoms with Crippen LogP contribution in [0.2, 0.25) is 0 Å². The first-order valence-corrected chi connectivity index (χ1v) is 5.99.